The highest BCUT2D eigenvalue weighted by Gasteiger charge is 2.33. The van der Waals surface area contributed by atoms with Crippen molar-refractivity contribution in [2.75, 3.05) is 0 Å². The van der Waals surface area contributed by atoms with Crippen LogP contribution >= 0.6 is 0 Å². The number of hydrogen-bond acceptors (Lipinski definition) is 3. The first kappa shape index (κ1) is 30.7. The van der Waals surface area contributed by atoms with Gasteiger partial charge in [0, 0.05) is 17.9 Å². The van der Waals surface area contributed by atoms with Crippen LogP contribution in [0.25, 0.3) is 0 Å². The van der Waals surface area contributed by atoms with Crippen LogP contribution in [0.15, 0.2) is 42.5 Å². The first-order valence-corrected chi connectivity index (χ1v) is 14.5. The highest BCUT2D eigenvalue weighted by atomic mass is 16.1. The maximum atomic E-state index is 13.3. The maximum Gasteiger partial charge on any atom is 0.163 e. The lowest BCUT2D eigenvalue weighted by Crippen LogP contribution is -2.30. The molecule has 1 aliphatic rings. The van der Waals surface area contributed by atoms with Crippen LogP contribution in [-0.4, -0.2) is 17.3 Å². The molecule has 3 nitrogen and oxygen atoms in total. The fourth-order valence-corrected chi connectivity index (χ4v) is 5.96. The monoisotopic (exact) mass is 504 g/mol. The van der Waals surface area contributed by atoms with Gasteiger partial charge in [0.25, 0.3) is 0 Å². The van der Waals surface area contributed by atoms with Crippen molar-refractivity contribution in [3.05, 3.63) is 70.3 Å². The lowest BCUT2D eigenvalue weighted by molar-refractivity contribution is -0.129. The fraction of sp³-hybridized carbons (Fsp3) is 0.559. The van der Waals surface area contributed by atoms with Gasteiger partial charge in [0.1, 0.15) is 11.6 Å². The summed E-state index contributed by atoms with van der Waals surface area (Å²) in [4.78, 5) is 37.7. The van der Waals surface area contributed by atoms with Crippen molar-refractivity contribution in [2.45, 2.75) is 106 Å². The Morgan fingerprint density at radius 1 is 0.946 bits per heavy atom. The van der Waals surface area contributed by atoms with Gasteiger partial charge in [-0.2, -0.15) is 0 Å². The lowest BCUT2D eigenvalue weighted by Gasteiger charge is -2.32. The summed E-state index contributed by atoms with van der Waals surface area (Å²) < 4.78 is 0. The van der Waals surface area contributed by atoms with Crippen LogP contribution in [0.1, 0.15) is 112 Å². The number of carbonyl (C=O) groups excluding carboxylic acids is 3. The summed E-state index contributed by atoms with van der Waals surface area (Å²) in [7, 11) is 0. The van der Waals surface area contributed by atoms with Crippen LogP contribution in [0.4, 0.5) is 0 Å². The van der Waals surface area contributed by atoms with Crippen LogP contribution in [0.5, 0.6) is 0 Å². The molecule has 0 fully saturated rings. The standard InChI is InChI=1S/C31H40O3.C3H8/c1-5-10-26(27(6-2)29(33)17-22(4)32)18-24-19-28-25(16-14-23-11-8-7-9-12-23)15-13-21(3)31(28)30(34)20-24;1-3-2/h7-9,11-13,15,24,26-27H,5-6,10,14,16-20H2,1-4H3;3H2,1-2H3. The Balaban J connectivity index is 0.00000153. The number of benzene rings is 2. The molecule has 3 rings (SSSR count). The summed E-state index contributed by atoms with van der Waals surface area (Å²) in [6, 6.07) is 14.8. The van der Waals surface area contributed by atoms with E-state index >= 15 is 0 Å². The quantitative estimate of drug-likeness (QED) is 0.273. The van der Waals surface area contributed by atoms with E-state index in [2.05, 4.69) is 64.1 Å². The zero-order chi connectivity index (χ0) is 27.4. The first-order valence-electron chi connectivity index (χ1n) is 14.5. The second kappa shape index (κ2) is 15.6. The Bertz CT molecular complexity index is 1020. The minimum Gasteiger partial charge on any atom is -0.300 e. The van der Waals surface area contributed by atoms with E-state index in [0.29, 0.717) is 6.42 Å². The molecule has 0 bridgehead atoms. The summed E-state index contributed by atoms with van der Waals surface area (Å²) in [5, 5.41) is 0. The van der Waals surface area contributed by atoms with Crippen molar-refractivity contribution in [1.29, 1.82) is 0 Å². The maximum absolute atomic E-state index is 13.3. The molecule has 0 N–H and O–H groups in total. The van der Waals surface area contributed by atoms with Crippen LogP contribution in [0.2, 0.25) is 0 Å². The van der Waals surface area contributed by atoms with Crippen molar-refractivity contribution in [2.24, 2.45) is 17.8 Å². The van der Waals surface area contributed by atoms with E-state index in [1.165, 1.54) is 30.0 Å². The normalized spacial score (nSPS) is 16.3. The van der Waals surface area contributed by atoms with Crippen molar-refractivity contribution in [1.82, 2.24) is 0 Å². The highest BCUT2D eigenvalue weighted by Crippen LogP contribution is 2.37. The average molecular weight is 505 g/mol. The van der Waals surface area contributed by atoms with E-state index in [-0.39, 0.29) is 41.5 Å². The van der Waals surface area contributed by atoms with Gasteiger partial charge in [-0.25, -0.2) is 0 Å². The first-order chi connectivity index (χ1) is 17.7. The van der Waals surface area contributed by atoms with Gasteiger partial charge in [0.05, 0.1) is 6.42 Å². The Labute approximate surface area is 225 Å². The third kappa shape index (κ3) is 9.05. The molecule has 0 saturated heterocycles. The SMILES string of the molecule is CCC.CCCC(CC1CC(=O)c2c(C)ccc(CCc3ccccc3)c2C1)C(CC)C(=O)CC(C)=O. The van der Waals surface area contributed by atoms with Gasteiger partial charge < -0.3 is 0 Å². The molecule has 2 aromatic carbocycles. The molecule has 37 heavy (non-hydrogen) atoms. The second-order valence-electron chi connectivity index (χ2n) is 10.9. The van der Waals surface area contributed by atoms with Gasteiger partial charge in [-0.05, 0) is 80.0 Å². The van der Waals surface area contributed by atoms with Crippen molar-refractivity contribution in [3.63, 3.8) is 0 Å². The fourth-order valence-electron chi connectivity index (χ4n) is 5.96. The third-order valence-corrected chi connectivity index (χ3v) is 7.53. The number of hydrogen-bond donors (Lipinski definition) is 0. The zero-order valence-electron chi connectivity index (χ0n) is 24.1. The second-order valence-corrected chi connectivity index (χ2v) is 10.9. The number of Topliss-reactive ketones (excluding diaryl/α,β-unsaturated/α-hetero) is 3. The van der Waals surface area contributed by atoms with Crippen molar-refractivity contribution in [3.8, 4) is 0 Å². The summed E-state index contributed by atoms with van der Waals surface area (Å²) in [5.74, 6) is 0.681. The predicted molar refractivity (Wildman–Crippen MR) is 154 cm³/mol. The van der Waals surface area contributed by atoms with E-state index in [4.69, 9.17) is 0 Å². The van der Waals surface area contributed by atoms with E-state index in [9.17, 15) is 14.4 Å². The Hall–Kier alpha value is -2.55. The van der Waals surface area contributed by atoms with Gasteiger partial charge in [-0.1, -0.05) is 89.4 Å². The van der Waals surface area contributed by atoms with Gasteiger partial charge in [0.2, 0.25) is 0 Å². The predicted octanol–water partition coefficient (Wildman–Crippen LogP) is 8.32. The van der Waals surface area contributed by atoms with Crippen molar-refractivity contribution >= 4 is 17.3 Å². The minimum absolute atomic E-state index is 0.0357. The molecular formula is C34H48O3. The topological polar surface area (TPSA) is 51.2 Å². The molecule has 1 aliphatic carbocycles. The van der Waals surface area contributed by atoms with Gasteiger partial charge in [-0.3, -0.25) is 14.4 Å². The average Bonchev–Trinajstić information content (AvgIpc) is 2.84. The smallest absolute Gasteiger partial charge is 0.163 e. The molecule has 0 aromatic heterocycles. The molecule has 3 heteroatoms. The Morgan fingerprint density at radius 2 is 1.62 bits per heavy atom. The van der Waals surface area contributed by atoms with Crippen LogP contribution in [-0.2, 0) is 28.9 Å². The number of ketones is 3. The minimum atomic E-state index is -0.0876. The van der Waals surface area contributed by atoms with E-state index in [0.717, 1.165) is 56.1 Å². The summed E-state index contributed by atoms with van der Waals surface area (Å²) in [5.41, 5.74) is 5.85. The van der Waals surface area contributed by atoms with E-state index in [1.807, 2.05) is 13.0 Å². The largest absolute Gasteiger partial charge is 0.300 e. The highest BCUT2D eigenvalue weighted by molar-refractivity contribution is 6.00. The van der Waals surface area contributed by atoms with Crippen LogP contribution in [0, 0.1) is 24.7 Å². The summed E-state index contributed by atoms with van der Waals surface area (Å²) >= 11 is 0. The van der Waals surface area contributed by atoms with E-state index in [1.54, 1.807) is 0 Å². The Morgan fingerprint density at radius 3 is 2.22 bits per heavy atom. The molecule has 0 heterocycles. The molecule has 0 radical (unpaired) electrons. The van der Waals surface area contributed by atoms with Gasteiger partial charge >= 0.3 is 0 Å². The van der Waals surface area contributed by atoms with Gasteiger partial charge in [0.15, 0.2) is 5.78 Å². The third-order valence-electron chi connectivity index (χ3n) is 7.53. The van der Waals surface area contributed by atoms with Gasteiger partial charge in [-0.15, -0.1) is 0 Å². The number of fused-ring (bicyclic) bond motifs is 1. The summed E-state index contributed by atoms with van der Waals surface area (Å²) in [6.45, 7) is 12.0. The summed E-state index contributed by atoms with van der Waals surface area (Å²) in [6.07, 6.45) is 8.26. The van der Waals surface area contributed by atoms with Crippen molar-refractivity contribution < 1.29 is 14.4 Å². The molecule has 3 atom stereocenters. The molecule has 0 spiro atoms. The molecule has 0 amide bonds. The molecule has 3 unspecified atom stereocenters. The molecule has 202 valence electrons. The number of rotatable bonds is 12. The molecular weight excluding hydrogens is 456 g/mol. The number of carbonyl (C=O) groups is 3. The molecule has 0 saturated carbocycles. The van der Waals surface area contributed by atoms with Crippen LogP contribution in [0.3, 0.4) is 0 Å². The molecule has 0 aliphatic heterocycles. The Kier molecular flexibility index (Phi) is 13.0. The molecule has 2 aromatic rings. The zero-order valence-corrected chi connectivity index (χ0v) is 24.1. The van der Waals surface area contributed by atoms with Crippen LogP contribution < -0.4 is 0 Å². The lowest BCUT2D eigenvalue weighted by atomic mass is 9.71. The number of aryl methyl sites for hydroxylation is 3. The van der Waals surface area contributed by atoms with E-state index < -0.39 is 0 Å².